The molecule has 0 aromatic rings. The van der Waals surface area contributed by atoms with Gasteiger partial charge in [0, 0.05) is 19.3 Å². The highest BCUT2D eigenvalue weighted by atomic mass is 16.6. The number of allylic oxidation sites excluding steroid dienone is 24. The van der Waals surface area contributed by atoms with Crippen molar-refractivity contribution in [2.75, 3.05) is 13.2 Å². The van der Waals surface area contributed by atoms with Crippen LogP contribution in [0.4, 0.5) is 0 Å². The maximum absolute atomic E-state index is 12.8. The SMILES string of the molecule is CC/C=C/C/C=C/C/C=C/C/C=C/C/C=C/C/C=C/CCC(=O)OC[C@@H](COC(=O)CCCCCC/C=C/C/C=C/C/C=C/CCCCC)OC(=O)CCCCCC/C=C/C/C=C/C/C=C/CCCCC. The molecule has 6 nitrogen and oxygen atoms in total. The largest absolute Gasteiger partial charge is 0.462 e. The van der Waals surface area contributed by atoms with Crippen LogP contribution in [0.3, 0.4) is 0 Å². The molecule has 0 aromatic carbocycles. The second-order valence-electron chi connectivity index (χ2n) is 18.1. The van der Waals surface area contributed by atoms with Crippen molar-refractivity contribution in [3.63, 3.8) is 0 Å². The lowest BCUT2D eigenvalue weighted by Crippen LogP contribution is -2.30. The Labute approximate surface area is 436 Å². The van der Waals surface area contributed by atoms with Crippen LogP contribution < -0.4 is 0 Å². The fraction of sp³-hybridized carbons (Fsp3) is 0.585. The first-order chi connectivity index (χ1) is 35.0. The van der Waals surface area contributed by atoms with Crippen molar-refractivity contribution in [2.24, 2.45) is 0 Å². The van der Waals surface area contributed by atoms with Crippen LogP contribution in [0.15, 0.2) is 146 Å². The highest BCUT2D eigenvalue weighted by Gasteiger charge is 2.19. The number of rotatable bonds is 49. The third kappa shape index (κ3) is 56.1. The minimum Gasteiger partial charge on any atom is -0.462 e. The van der Waals surface area contributed by atoms with Crippen molar-refractivity contribution in [2.45, 2.75) is 232 Å². The molecule has 6 heteroatoms. The molecular formula is C65H102O6. The molecule has 0 amide bonds. The molecular weight excluding hydrogens is 877 g/mol. The summed E-state index contributed by atoms with van der Waals surface area (Å²) >= 11 is 0. The second kappa shape index (κ2) is 57.9. The smallest absolute Gasteiger partial charge is 0.306 e. The summed E-state index contributed by atoms with van der Waals surface area (Å²) in [5.41, 5.74) is 0. The van der Waals surface area contributed by atoms with Gasteiger partial charge in [0.05, 0.1) is 0 Å². The number of carbonyl (C=O) groups excluding carboxylic acids is 3. The molecule has 0 saturated carbocycles. The third-order valence-electron chi connectivity index (χ3n) is 11.3. The molecule has 0 N–H and O–H groups in total. The maximum Gasteiger partial charge on any atom is 0.306 e. The number of unbranched alkanes of at least 4 members (excludes halogenated alkanes) is 14. The van der Waals surface area contributed by atoms with Crippen molar-refractivity contribution in [1.29, 1.82) is 0 Å². The highest BCUT2D eigenvalue weighted by molar-refractivity contribution is 5.71. The Morgan fingerprint density at radius 2 is 0.577 bits per heavy atom. The first-order valence-corrected chi connectivity index (χ1v) is 28.3. The van der Waals surface area contributed by atoms with Gasteiger partial charge in [-0.2, -0.15) is 0 Å². The van der Waals surface area contributed by atoms with E-state index >= 15 is 0 Å². The Hall–Kier alpha value is -4.71. The van der Waals surface area contributed by atoms with Crippen LogP contribution in [0.5, 0.6) is 0 Å². The Morgan fingerprint density at radius 3 is 0.930 bits per heavy atom. The summed E-state index contributed by atoms with van der Waals surface area (Å²) in [5, 5.41) is 0. The number of hydrogen-bond donors (Lipinski definition) is 0. The van der Waals surface area contributed by atoms with Crippen LogP contribution in [0.2, 0.25) is 0 Å². The van der Waals surface area contributed by atoms with E-state index in [1.807, 2.05) is 12.2 Å². The Balaban J connectivity index is 4.62. The fourth-order valence-electron chi connectivity index (χ4n) is 7.07. The van der Waals surface area contributed by atoms with Gasteiger partial charge in [0.2, 0.25) is 0 Å². The summed E-state index contributed by atoms with van der Waals surface area (Å²) in [7, 11) is 0. The lowest BCUT2D eigenvalue weighted by atomic mass is 10.1. The Bertz CT molecular complexity index is 1590. The summed E-state index contributed by atoms with van der Waals surface area (Å²) in [5.74, 6) is -1.06. The standard InChI is InChI=1S/C65H102O6/c1-4-7-10-13-16-19-22-25-28-31-32-35-37-40-43-46-49-52-55-58-64(67)70-61-62(71-65(68)59-56-53-50-47-44-41-38-34-30-27-24-21-18-15-12-9-6-3)60-69-63(66)57-54-51-48-45-42-39-36-33-29-26-23-20-17-14-11-8-5-2/h7,10,16-21,25-30,32,35-36,38-41,43,49,52,62H,4-6,8-9,11-15,22-24,31,33-34,37,42,44-48,50-51,53-61H2,1-3H3/b10-7+,19-16+,20-17+,21-18+,28-25+,29-26+,30-27+,35-32+,39-36+,41-38+,43-40+,52-49+/t62-/m1/s1. The zero-order valence-electron chi connectivity index (χ0n) is 45.4. The predicted molar refractivity (Wildman–Crippen MR) is 306 cm³/mol. The molecule has 0 aliphatic heterocycles. The topological polar surface area (TPSA) is 78.9 Å². The molecule has 0 rings (SSSR count). The van der Waals surface area contributed by atoms with Gasteiger partial charge in [0.15, 0.2) is 6.10 Å². The average Bonchev–Trinajstić information content (AvgIpc) is 3.37. The molecule has 0 fully saturated rings. The zero-order valence-corrected chi connectivity index (χ0v) is 45.4. The summed E-state index contributed by atoms with van der Waals surface area (Å²) < 4.78 is 16.7. The normalized spacial score (nSPS) is 13.2. The van der Waals surface area contributed by atoms with Gasteiger partial charge in [0.25, 0.3) is 0 Å². The van der Waals surface area contributed by atoms with Crippen LogP contribution in [0.25, 0.3) is 0 Å². The average molecular weight is 980 g/mol. The van der Waals surface area contributed by atoms with Crippen molar-refractivity contribution < 1.29 is 28.6 Å². The number of hydrogen-bond acceptors (Lipinski definition) is 6. The summed E-state index contributed by atoms with van der Waals surface area (Å²) in [6.45, 7) is 6.35. The van der Waals surface area contributed by atoms with Gasteiger partial charge in [0.1, 0.15) is 13.2 Å². The van der Waals surface area contributed by atoms with Crippen molar-refractivity contribution >= 4 is 17.9 Å². The molecule has 71 heavy (non-hydrogen) atoms. The molecule has 0 radical (unpaired) electrons. The lowest BCUT2D eigenvalue weighted by Gasteiger charge is -2.18. The zero-order chi connectivity index (χ0) is 51.4. The monoisotopic (exact) mass is 979 g/mol. The van der Waals surface area contributed by atoms with Gasteiger partial charge in [-0.25, -0.2) is 0 Å². The van der Waals surface area contributed by atoms with Crippen LogP contribution in [-0.4, -0.2) is 37.2 Å². The van der Waals surface area contributed by atoms with E-state index in [9.17, 15) is 14.4 Å². The van der Waals surface area contributed by atoms with E-state index in [1.54, 1.807) is 0 Å². The van der Waals surface area contributed by atoms with Crippen LogP contribution >= 0.6 is 0 Å². The minimum absolute atomic E-state index is 0.128. The molecule has 0 heterocycles. The summed E-state index contributed by atoms with van der Waals surface area (Å²) in [6.07, 6.45) is 82.7. The van der Waals surface area contributed by atoms with E-state index in [1.165, 1.54) is 51.4 Å². The van der Waals surface area contributed by atoms with E-state index in [0.717, 1.165) is 128 Å². The molecule has 398 valence electrons. The molecule has 0 aliphatic rings. The second-order valence-corrected chi connectivity index (χ2v) is 18.1. The molecule has 0 aliphatic carbocycles. The quantitative estimate of drug-likeness (QED) is 0.0262. The van der Waals surface area contributed by atoms with E-state index in [0.29, 0.717) is 12.8 Å². The van der Waals surface area contributed by atoms with E-state index in [4.69, 9.17) is 14.2 Å². The molecule has 0 saturated heterocycles. The van der Waals surface area contributed by atoms with E-state index in [-0.39, 0.29) is 44.0 Å². The maximum atomic E-state index is 12.8. The number of ether oxygens (including phenoxy) is 3. The van der Waals surface area contributed by atoms with Crippen LogP contribution in [0, 0.1) is 0 Å². The molecule has 0 aromatic heterocycles. The van der Waals surface area contributed by atoms with Crippen LogP contribution in [-0.2, 0) is 28.6 Å². The molecule has 1 atom stereocenters. The van der Waals surface area contributed by atoms with Crippen molar-refractivity contribution in [3.8, 4) is 0 Å². The first kappa shape index (κ1) is 66.3. The number of esters is 3. The molecule has 0 bridgehead atoms. The molecule has 0 spiro atoms. The van der Waals surface area contributed by atoms with Crippen molar-refractivity contribution in [3.05, 3.63) is 146 Å². The van der Waals surface area contributed by atoms with Crippen LogP contribution in [0.1, 0.15) is 226 Å². The number of carbonyl (C=O) groups is 3. The van der Waals surface area contributed by atoms with E-state index in [2.05, 4.69) is 154 Å². The van der Waals surface area contributed by atoms with Gasteiger partial charge in [-0.1, -0.05) is 218 Å². The Kier molecular flexibility index (Phi) is 54.0. The van der Waals surface area contributed by atoms with E-state index < -0.39 is 6.10 Å². The van der Waals surface area contributed by atoms with Crippen molar-refractivity contribution in [1.82, 2.24) is 0 Å². The summed E-state index contributed by atoms with van der Waals surface area (Å²) in [4.78, 5) is 38.1. The van der Waals surface area contributed by atoms with Gasteiger partial charge >= 0.3 is 17.9 Å². The Morgan fingerprint density at radius 1 is 0.296 bits per heavy atom. The minimum atomic E-state index is -0.837. The third-order valence-corrected chi connectivity index (χ3v) is 11.3. The molecule has 0 unspecified atom stereocenters. The lowest BCUT2D eigenvalue weighted by molar-refractivity contribution is -0.166. The first-order valence-electron chi connectivity index (χ1n) is 28.3. The fourth-order valence-corrected chi connectivity index (χ4v) is 7.07. The highest BCUT2D eigenvalue weighted by Crippen LogP contribution is 2.12. The van der Waals surface area contributed by atoms with Gasteiger partial charge in [-0.05, 0) is 135 Å². The van der Waals surface area contributed by atoms with Gasteiger partial charge in [-0.15, -0.1) is 0 Å². The van der Waals surface area contributed by atoms with Gasteiger partial charge in [-0.3, -0.25) is 14.4 Å². The summed E-state index contributed by atoms with van der Waals surface area (Å²) in [6, 6.07) is 0. The van der Waals surface area contributed by atoms with Gasteiger partial charge < -0.3 is 14.2 Å². The predicted octanol–water partition coefficient (Wildman–Crippen LogP) is 19.2.